The number of hydrogen-bond acceptors (Lipinski definition) is 2. The fourth-order valence-electron chi connectivity index (χ4n) is 3.43. The van der Waals surface area contributed by atoms with Crippen LogP contribution in [-0.4, -0.2) is 25.3 Å². The van der Waals surface area contributed by atoms with Crippen LogP contribution in [0.1, 0.15) is 58.8 Å². The highest BCUT2D eigenvalue weighted by atomic mass is 16.5. The van der Waals surface area contributed by atoms with Gasteiger partial charge in [0, 0.05) is 12.6 Å². The molecule has 2 rings (SSSR count). The largest absolute Gasteiger partial charge is 0.378 e. The topological polar surface area (TPSA) is 21.3 Å². The minimum Gasteiger partial charge on any atom is -0.378 e. The van der Waals surface area contributed by atoms with Crippen LogP contribution in [0.25, 0.3) is 0 Å². The molecule has 0 radical (unpaired) electrons. The van der Waals surface area contributed by atoms with Crippen molar-refractivity contribution >= 4 is 0 Å². The molecular weight excluding hydrogens is 210 g/mol. The summed E-state index contributed by atoms with van der Waals surface area (Å²) in [6.45, 7) is 6.87. The predicted molar refractivity (Wildman–Crippen MR) is 72.2 cm³/mol. The second kappa shape index (κ2) is 6.75. The van der Waals surface area contributed by atoms with Crippen LogP contribution >= 0.6 is 0 Å². The fourth-order valence-corrected chi connectivity index (χ4v) is 3.43. The Kier molecular flexibility index (Phi) is 5.30. The Morgan fingerprint density at radius 1 is 1.24 bits per heavy atom. The van der Waals surface area contributed by atoms with Crippen LogP contribution in [-0.2, 0) is 4.74 Å². The Morgan fingerprint density at radius 2 is 2.12 bits per heavy atom. The minimum absolute atomic E-state index is 0.521. The Labute approximate surface area is 107 Å². The van der Waals surface area contributed by atoms with Crippen molar-refractivity contribution < 1.29 is 4.74 Å². The predicted octanol–water partition coefficient (Wildman–Crippen LogP) is 3.36. The summed E-state index contributed by atoms with van der Waals surface area (Å²) in [5.41, 5.74) is 0. The number of nitrogens with one attached hydrogen (secondary N) is 1. The molecule has 1 heterocycles. The summed E-state index contributed by atoms with van der Waals surface area (Å²) in [4.78, 5) is 0. The van der Waals surface area contributed by atoms with E-state index in [1.807, 2.05) is 0 Å². The SMILES string of the molecule is CCCC1CC(NCC2CCCC2C)CCO1. The van der Waals surface area contributed by atoms with E-state index in [-0.39, 0.29) is 0 Å². The van der Waals surface area contributed by atoms with Crippen molar-refractivity contribution in [3.05, 3.63) is 0 Å². The number of rotatable bonds is 5. The molecule has 2 nitrogen and oxygen atoms in total. The van der Waals surface area contributed by atoms with E-state index >= 15 is 0 Å². The molecule has 2 fully saturated rings. The van der Waals surface area contributed by atoms with Crippen molar-refractivity contribution in [2.24, 2.45) is 11.8 Å². The van der Waals surface area contributed by atoms with Gasteiger partial charge in [0.15, 0.2) is 0 Å². The quantitative estimate of drug-likeness (QED) is 0.794. The van der Waals surface area contributed by atoms with Gasteiger partial charge in [-0.3, -0.25) is 0 Å². The van der Waals surface area contributed by atoms with Crippen molar-refractivity contribution in [1.29, 1.82) is 0 Å². The highest BCUT2D eigenvalue weighted by Gasteiger charge is 2.26. The Hall–Kier alpha value is -0.0800. The van der Waals surface area contributed by atoms with Gasteiger partial charge in [-0.05, 0) is 44.1 Å². The first-order valence-electron chi connectivity index (χ1n) is 7.64. The first kappa shape index (κ1) is 13.4. The normalized spacial score (nSPS) is 38.5. The smallest absolute Gasteiger partial charge is 0.0589 e. The lowest BCUT2D eigenvalue weighted by Crippen LogP contribution is -2.41. The van der Waals surface area contributed by atoms with Crippen molar-refractivity contribution in [3.63, 3.8) is 0 Å². The second-order valence-electron chi connectivity index (χ2n) is 6.08. The van der Waals surface area contributed by atoms with Gasteiger partial charge in [0.05, 0.1) is 6.10 Å². The van der Waals surface area contributed by atoms with Gasteiger partial charge >= 0.3 is 0 Å². The molecule has 17 heavy (non-hydrogen) atoms. The van der Waals surface area contributed by atoms with Crippen LogP contribution in [0.15, 0.2) is 0 Å². The summed E-state index contributed by atoms with van der Waals surface area (Å²) in [6.07, 6.45) is 9.77. The van der Waals surface area contributed by atoms with Crippen molar-refractivity contribution in [1.82, 2.24) is 5.32 Å². The summed E-state index contributed by atoms with van der Waals surface area (Å²) in [6, 6.07) is 0.716. The molecule has 2 heteroatoms. The fraction of sp³-hybridized carbons (Fsp3) is 1.00. The maximum absolute atomic E-state index is 5.80. The zero-order chi connectivity index (χ0) is 12.1. The molecule has 0 amide bonds. The molecule has 1 aliphatic heterocycles. The molecule has 2 aliphatic rings. The van der Waals surface area contributed by atoms with Crippen LogP contribution in [0.5, 0.6) is 0 Å². The number of hydrogen-bond donors (Lipinski definition) is 1. The Morgan fingerprint density at radius 3 is 2.82 bits per heavy atom. The van der Waals surface area contributed by atoms with Crippen LogP contribution in [0.2, 0.25) is 0 Å². The third-order valence-corrected chi connectivity index (χ3v) is 4.69. The monoisotopic (exact) mass is 239 g/mol. The molecule has 1 saturated heterocycles. The minimum atomic E-state index is 0.521. The second-order valence-corrected chi connectivity index (χ2v) is 6.08. The summed E-state index contributed by atoms with van der Waals surface area (Å²) in [5.74, 6) is 1.87. The lowest BCUT2D eigenvalue weighted by molar-refractivity contribution is -0.00386. The van der Waals surface area contributed by atoms with Gasteiger partial charge in [0.25, 0.3) is 0 Å². The zero-order valence-corrected chi connectivity index (χ0v) is 11.6. The maximum atomic E-state index is 5.80. The van der Waals surface area contributed by atoms with E-state index in [9.17, 15) is 0 Å². The molecule has 1 aliphatic carbocycles. The van der Waals surface area contributed by atoms with Crippen LogP contribution in [0.3, 0.4) is 0 Å². The van der Waals surface area contributed by atoms with E-state index in [0.717, 1.165) is 18.4 Å². The standard InChI is InChI=1S/C15H29NO/c1-3-5-15-10-14(8-9-17-15)16-11-13-7-4-6-12(13)2/h12-16H,3-11H2,1-2H3. The van der Waals surface area contributed by atoms with Gasteiger partial charge in [-0.2, -0.15) is 0 Å². The molecule has 0 spiro atoms. The molecule has 100 valence electrons. The average molecular weight is 239 g/mol. The first-order valence-corrected chi connectivity index (χ1v) is 7.64. The van der Waals surface area contributed by atoms with E-state index < -0.39 is 0 Å². The Balaban J connectivity index is 1.67. The molecule has 0 aromatic carbocycles. The zero-order valence-electron chi connectivity index (χ0n) is 11.6. The lowest BCUT2D eigenvalue weighted by atomic mass is 9.96. The Bertz CT molecular complexity index is 217. The third-order valence-electron chi connectivity index (χ3n) is 4.69. The molecule has 1 N–H and O–H groups in total. The van der Waals surface area contributed by atoms with Gasteiger partial charge in [-0.15, -0.1) is 0 Å². The van der Waals surface area contributed by atoms with E-state index in [0.29, 0.717) is 12.1 Å². The molecule has 0 aromatic heterocycles. The van der Waals surface area contributed by atoms with Crippen molar-refractivity contribution in [2.45, 2.75) is 70.9 Å². The molecule has 1 saturated carbocycles. The van der Waals surface area contributed by atoms with Gasteiger partial charge < -0.3 is 10.1 Å². The molecule has 4 unspecified atom stereocenters. The van der Waals surface area contributed by atoms with E-state index in [1.54, 1.807) is 0 Å². The van der Waals surface area contributed by atoms with Gasteiger partial charge in [-0.1, -0.05) is 33.1 Å². The van der Waals surface area contributed by atoms with Crippen LogP contribution in [0, 0.1) is 11.8 Å². The molecule has 0 bridgehead atoms. The van der Waals surface area contributed by atoms with E-state index in [4.69, 9.17) is 4.74 Å². The van der Waals surface area contributed by atoms with Crippen LogP contribution in [0.4, 0.5) is 0 Å². The number of ether oxygens (including phenoxy) is 1. The molecule has 0 aromatic rings. The summed E-state index contributed by atoms with van der Waals surface area (Å²) in [5, 5.41) is 3.80. The van der Waals surface area contributed by atoms with E-state index in [1.165, 1.54) is 51.5 Å². The van der Waals surface area contributed by atoms with Gasteiger partial charge in [0.1, 0.15) is 0 Å². The van der Waals surface area contributed by atoms with Gasteiger partial charge in [0.2, 0.25) is 0 Å². The molecule has 4 atom stereocenters. The van der Waals surface area contributed by atoms with Crippen LogP contribution < -0.4 is 5.32 Å². The highest BCUT2D eigenvalue weighted by Crippen LogP contribution is 2.30. The summed E-state index contributed by atoms with van der Waals surface area (Å²) >= 11 is 0. The van der Waals surface area contributed by atoms with E-state index in [2.05, 4.69) is 19.2 Å². The van der Waals surface area contributed by atoms with Crippen molar-refractivity contribution in [2.75, 3.05) is 13.2 Å². The first-order chi connectivity index (χ1) is 8.29. The lowest BCUT2D eigenvalue weighted by Gasteiger charge is -2.31. The molecular formula is C15H29NO. The summed E-state index contributed by atoms with van der Waals surface area (Å²) in [7, 11) is 0. The third kappa shape index (κ3) is 3.96. The van der Waals surface area contributed by atoms with Crippen molar-refractivity contribution in [3.8, 4) is 0 Å². The maximum Gasteiger partial charge on any atom is 0.0589 e. The average Bonchev–Trinajstić information content (AvgIpc) is 2.73. The van der Waals surface area contributed by atoms with Gasteiger partial charge in [-0.25, -0.2) is 0 Å². The highest BCUT2D eigenvalue weighted by molar-refractivity contribution is 4.81. The summed E-state index contributed by atoms with van der Waals surface area (Å²) < 4.78 is 5.80.